The molecule has 0 aliphatic rings. The zero-order valence-corrected chi connectivity index (χ0v) is 5.20. The Labute approximate surface area is 45.7 Å². The highest BCUT2D eigenvalue weighted by Crippen LogP contribution is 1.87. The molecular formula is C2H5BFI. The van der Waals surface area contributed by atoms with Gasteiger partial charge in [0.2, 0.25) is 0 Å². The van der Waals surface area contributed by atoms with Gasteiger partial charge >= 0.3 is 0 Å². The lowest BCUT2D eigenvalue weighted by Gasteiger charge is -1.84. The molecule has 0 aromatic rings. The van der Waals surface area contributed by atoms with Gasteiger partial charge in [-0.05, 0) is 0 Å². The van der Waals surface area contributed by atoms with Crippen LogP contribution in [0.2, 0.25) is 0 Å². The number of rotatable bonds is 1. The topological polar surface area (TPSA) is 0 Å². The molecule has 1 unspecified atom stereocenters. The van der Waals surface area contributed by atoms with Crippen LogP contribution in [0.3, 0.4) is 0 Å². The van der Waals surface area contributed by atoms with Gasteiger partial charge in [0.05, 0.1) is 6.07 Å². The van der Waals surface area contributed by atoms with Crippen LogP contribution in [0, 0.1) is 0 Å². The molecule has 0 aliphatic carbocycles. The number of alkyl halides is 2. The van der Waals surface area contributed by atoms with Crippen LogP contribution in [0.1, 0.15) is 0 Å². The van der Waals surface area contributed by atoms with Crippen LogP contribution in [0.25, 0.3) is 0 Å². The Bertz CT molecular complexity index is 23.6. The van der Waals surface area contributed by atoms with Crippen molar-refractivity contribution < 1.29 is 4.39 Å². The van der Waals surface area contributed by atoms with Crippen molar-refractivity contribution in [1.82, 2.24) is 0 Å². The average molecular weight is 186 g/mol. The van der Waals surface area contributed by atoms with E-state index in [1.165, 1.54) is 0 Å². The maximum absolute atomic E-state index is 11.4. The van der Waals surface area contributed by atoms with Crippen LogP contribution >= 0.6 is 22.6 Å². The Morgan fingerprint density at radius 2 is 2.20 bits per heavy atom. The summed E-state index contributed by atoms with van der Waals surface area (Å²) >= 11 is 2.00. The largest absolute Gasteiger partial charge is 0.257 e. The Morgan fingerprint density at radius 1 is 2.00 bits per heavy atom. The maximum atomic E-state index is 11.4. The number of halogens is 2. The summed E-state index contributed by atoms with van der Waals surface area (Å²) in [7, 11) is 1.55. The summed E-state index contributed by atoms with van der Waals surface area (Å²) in [5, 5.41) is 0. The molecule has 0 heterocycles. The van der Waals surface area contributed by atoms with Crippen molar-refractivity contribution in [1.29, 1.82) is 0 Å². The van der Waals surface area contributed by atoms with Crippen molar-refractivity contribution in [3.63, 3.8) is 0 Å². The molecule has 5 heavy (non-hydrogen) atoms. The van der Waals surface area contributed by atoms with E-state index in [4.69, 9.17) is 0 Å². The van der Waals surface area contributed by atoms with Crippen LogP contribution in [0.4, 0.5) is 4.39 Å². The minimum absolute atomic E-state index is 0.609. The summed E-state index contributed by atoms with van der Waals surface area (Å²) in [6, 6.07) is 0. The normalized spacial score (nSPS) is 14.8. The fraction of sp³-hybridized carbons (Fsp3) is 1.00. The first-order valence-electron chi connectivity index (χ1n) is 1.47. The quantitative estimate of drug-likeness (QED) is 0.314. The van der Waals surface area contributed by atoms with Gasteiger partial charge in [-0.1, -0.05) is 22.6 Å². The molecule has 0 aromatic heterocycles. The van der Waals surface area contributed by atoms with Crippen molar-refractivity contribution in [2.24, 2.45) is 0 Å². The summed E-state index contributed by atoms with van der Waals surface area (Å²) < 4.78 is 12.0. The predicted molar refractivity (Wildman–Crippen MR) is 32.3 cm³/mol. The smallest absolute Gasteiger partial charge is 0.147 e. The Balaban J connectivity index is 2.54. The van der Waals surface area contributed by atoms with Gasteiger partial charge in [0, 0.05) is 4.43 Å². The highest BCUT2D eigenvalue weighted by atomic mass is 127. The zero-order chi connectivity index (χ0) is 4.28. The van der Waals surface area contributed by atoms with Gasteiger partial charge in [-0.25, -0.2) is 0 Å². The van der Waals surface area contributed by atoms with E-state index in [1.54, 1.807) is 7.85 Å². The van der Waals surface area contributed by atoms with Crippen molar-refractivity contribution in [3.8, 4) is 0 Å². The summed E-state index contributed by atoms with van der Waals surface area (Å²) in [6.07, 6.45) is -0.629. The standard InChI is InChI=1S/C2H5BFI/c3-2(4)1-5/h2H,1,3H2. The molecule has 0 saturated carbocycles. The fourth-order valence-electron chi connectivity index (χ4n) is 0. The molecule has 1 atom stereocenters. The van der Waals surface area contributed by atoms with Gasteiger partial charge in [-0.3, -0.25) is 4.39 Å². The van der Waals surface area contributed by atoms with E-state index < -0.39 is 6.07 Å². The first kappa shape index (κ1) is 5.72. The van der Waals surface area contributed by atoms with Crippen LogP contribution in [0.5, 0.6) is 0 Å². The molecule has 0 N–H and O–H groups in total. The first-order chi connectivity index (χ1) is 2.27. The van der Waals surface area contributed by atoms with E-state index in [-0.39, 0.29) is 0 Å². The highest BCUT2D eigenvalue weighted by Gasteiger charge is 1.87. The van der Waals surface area contributed by atoms with Gasteiger partial charge in [0.25, 0.3) is 0 Å². The molecule has 3 heteroatoms. The van der Waals surface area contributed by atoms with E-state index in [0.29, 0.717) is 4.43 Å². The van der Waals surface area contributed by atoms with E-state index in [1.807, 2.05) is 22.6 Å². The third-order valence-electron chi connectivity index (χ3n) is 0.213. The van der Waals surface area contributed by atoms with Crippen LogP contribution < -0.4 is 0 Å². The van der Waals surface area contributed by atoms with Crippen molar-refractivity contribution in [2.45, 2.75) is 6.07 Å². The summed E-state index contributed by atoms with van der Waals surface area (Å²) in [5.41, 5.74) is 0. The molecule has 0 aliphatic heterocycles. The van der Waals surface area contributed by atoms with Gasteiger partial charge in [0.15, 0.2) is 0 Å². The lowest BCUT2D eigenvalue weighted by Crippen LogP contribution is -1.96. The summed E-state index contributed by atoms with van der Waals surface area (Å²) in [5.74, 6) is 0. The van der Waals surface area contributed by atoms with Gasteiger partial charge in [-0.15, -0.1) is 0 Å². The van der Waals surface area contributed by atoms with E-state index in [2.05, 4.69) is 0 Å². The third kappa shape index (κ3) is 4.72. The third-order valence-corrected chi connectivity index (χ3v) is 1.43. The predicted octanol–water partition coefficient (Wildman–Crippen LogP) is 0.350. The van der Waals surface area contributed by atoms with E-state index in [0.717, 1.165) is 0 Å². The van der Waals surface area contributed by atoms with Crippen molar-refractivity contribution in [3.05, 3.63) is 0 Å². The molecule has 30 valence electrons. The monoisotopic (exact) mass is 186 g/mol. The van der Waals surface area contributed by atoms with Crippen molar-refractivity contribution >= 4 is 30.4 Å². The number of hydrogen-bond acceptors (Lipinski definition) is 0. The molecule has 0 saturated heterocycles. The summed E-state index contributed by atoms with van der Waals surface area (Å²) in [4.78, 5) is 0. The van der Waals surface area contributed by atoms with E-state index in [9.17, 15) is 4.39 Å². The first-order valence-corrected chi connectivity index (χ1v) is 3.00. The van der Waals surface area contributed by atoms with Crippen LogP contribution in [0.15, 0.2) is 0 Å². The lowest BCUT2D eigenvalue weighted by atomic mass is 10.1. The number of hydrogen-bond donors (Lipinski definition) is 0. The van der Waals surface area contributed by atoms with Gasteiger partial charge in [-0.2, -0.15) is 0 Å². The molecule has 0 spiro atoms. The molecule has 0 rings (SSSR count). The average Bonchev–Trinajstić information content (AvgIpc) is 1.38. The van der Waals surface area contributed by atoms with E-state index >= 15 is 0 Å². The molecule has 0 radical (unpaired) electrons. The molecular weight excluding hydrogens is 181 g/mol. The second kappa shape index (κ2) is 2.94. The van der Waals surface area contributed by atoms with Gasteiger partial charge in [0.1, 0.15) is 7.85 Å². The van der Waals surface area contributed by atoms with Crippen LogP contribution in [-0.2, 0) is 0 Å². The SMILES string of the molecule is BC(F)CI. The molecule has 0 bridgehead atoms. The zero-order valence-electron chi connectivity index (χ0n) is 3.04. The Hall–Kier alpha value is 0.725. The second-order valence-electron chi connectivity index (χ2n) is 0.935. The van der Waals surface area contributed by atoms with Gasteiger partial charge < -0.3 is 0 Å². The summed E-state index contributed by atoms with van der Waals surface area (Å²) in [6.45, 7) is 0. The molecule has 0 amide bonds. The molecule has 0 fully saturated rings. The second-order valence-corrected chi connectivity index (χ2v) is 1.82. The maximum Gasteiger partial charge on any atom is 0.147 e. The Kier molecular flexibility index (Phi) is 3.36. The Morgan fingerprint density at radius 3 is 2.20 bits per heavy atom. The minimum Gasteiger partial charge on any atom is -0.257 e. The van der Waals surface area contributed by atoms with Crippen molar-refractivity contribution in [2.75, 3.05) is 4.43 Å². The minimum atomic E-state index is -0.629. The fourth-order valence-corrected chi connectivity index (χ4v) is 0. The lowest BCUT2D eigenvalue weighted by molar-refractivity contribution is 0.484. The highest BCUT2D eigenvalue weighted by molar-refractivity contribution is 14.1. The van der Waals surface area contributed by atoms with Crippen LogP contribution in [-0.4, -0.2) is 18.3 Å². The molecule has 0 nitrogen and oxygen atoms in total. The molecule has 0 aromatic carbocycles.